The van der Waals surface area contributed by atoms with E-state index in [1.165, 1.54) is 12.3 Å². The van der Waals surface area contributed by atoms with Crippen molar-refractivity contribution >= 4 is 29.0 Å². The number of benzene rings is 1. The predicted molar refractivity (Wildman–Crippen MR) is 81.6 cm³/mol. The molecule has 0 aliphatic carbocycles. The second kappa shape index (κ2) is 5.35. The third kappa shape index (κ3) is 2.34. The van der Waals surface area contributed by atoms with E-state index in [0.717, 1.165) is 6.20 Å². The number of rotatable bonds is 2. The van der Waals surface area contributed by atoms with Gasteiger partial charge in [-0.15, -0.1) is 0 Å². The maximum absolute atomic E-state index is 14.0. The average molecular weight is 323 g/mol. The van der Waals surface area contributed by atoms with E-state index >= 15 is 0 Å². The fourth-order valence-electron chi connectivity index (χ4n) is 2.12. The molecule has 0 aliphatic rings. The summed E-state index contributed by atoms with van der Waals surface area (Å²) in [7, 11) is 0. The molecule has 0 atom stereocenters. The molecular formula is C14H9Cl2FN4. The first-order valence-corrected chi connectivity index (χ1v) is 6.73. The van der Waals surface area contributed by atoms with Crippen molar-refractivity contribution < 1.29 is 4.39 Å². The summed E-state index contributed by atoms with van der Waals surface area (Å²) in [4.78, 5) is 3.72. The fraction of sp³-hybridized carbons (Fsp3) is 0. The number of anilines is 1. The Hall–Kier alpha value is -2.11. The van der Waals surface area contributed by atoms with E-state index in [1.807, 2.05) is 0 Å². The third-order valence-electron chi connectivity index (χ3n) is 3.05. The Labute approximate surface area is 129 Å². The van der Waals surface area contributed by atoms with Gasteiger partial charge in [-0.2, -0.15) is 5.10 Å². The van der Waals surface area contributed by atoms with Crippen LogP contribution in [0.1, 0.15) is 0 Å². The minimum absolute atomic E-state index is 0.191. The summed E-state index contributed by atoms with van der Waals surface area (Å²) in [6.45, 7) is 0. The fourth-order valence-corrected chi connectivity index (χ4v) is 2.70. The summed E-state index contributed by atoms with van der Waals surface area (Å²) in [5, 5.41) is 7.48. The Morgan fingerprint density at radius 1 is 1.10 bits per heavy atom. The third-order valence-corrected chi connectivity index (χ3v) is 3.68. The van der Waals surface area contributed by atoms with Gasteiger partial charge >= 0.3 is 0 Å². The molecular weight excluding hydrogens is 314 g/mol. The van der Waals surface area contributed by atoms with Crippen molar-refractivity contribution in [2.75, 3.05) is 5.73 Å². The Bertz CT molecular complexity index is 796. The van der Waals surface area contributed by atoms with Crippen LogP contribution in [0.2, 0.25) is 10.0 Å². The molecule has 4 nitrogen and oxygen atoms in total. The molecule has 0 radical (unpaired) electrons. The first kappa shape index (κ1) is 13.9. The number of aromatic nitrogens is 3. The van der Waals surface area contributed by atoms with Crippen LogP contribution in [0.25, 0.3) is 22.4 Å². The summed E-state index contributed by atoms with van der Waals surface area (Å²) < 4.78 is 14.0. The lowest BCUT2D eigenvalue weighted by Gasteiger charge is -2.09. The molecule has 0 spiro atoms. The number of nitrogens with two attached hydrogens (primary N) is 1. The first-order valence-electron chi connectivity index (χ1n) is 5.97. The number of hydrogen-bond acceptors (Lipinski definition) is 3. The molecule has 3 rings (SSSR count). The molecule has 0 saturated heterocycles. The highest BCUT2D eigenvalue weighted by Gasteiger charge is 2.21. The number of nitrogen functional groups attached to an aromatic ring is 1. The standard InChI is InChI=1S/C14H9Cl2FN4/c15-8-2-1-3-9(16)11(8)12-13(20-21-14(12)18)7-4-5-19-6-10(7)17/h1-6H,(H3,18,20,21). The molecule has 0 saturated carbocycles. The lowest BCUT2D eigenvalue weighted by atomic mass is 10.0. The van der Waals surface area contributed by atoms with E-state index in [0.29, 0.717) is 32.4 Å². The van der Waals surface area contributed by atoms with E-state index in [9.17, 15) is 4.39 Å². The summed E-state index contributed by atoms with van der Waals surface area (Å²) in [6.07, 6.45) is 2.60. The zero-order valence-electron chi connectivity index (χ0n) is 10.6. The van der Waals surface area contributed by atoms with E-state index in [-0.39, 0.29) is 5.82 Å². The second-order valence-corrected chi connectivity index (χ2v) is 5.13. The van der Waals surface area contributed by atoms with Gasteiger partial charge in [-0.3, -0.25) is 10.1 Å². The number of nitrogens with zero attached hydrogens (tertiary/aromatic N) is 2. The lowest BCUT2D eigenvalue weighted by Crippen LogP contribution is -1.92. The van der Waals surface area contributed by atoms with Crippen LogP contribution in [0, 0.1) is 5.82 Å². The molecule has 3 aromatic rings. The van der Waals surface area contributed by atoms with Crippen LogP contribution in [-0.4, -0.2) is 15.2 Å². The van der Waals surface area contributed by atoms with Crippen molar-refractivity contribution in [1.82, 2.24) is 15.2 Å². The quantitative estimate of drug-likeness (QED) is 0.744. The Balaban J connectivity index is 2.31. The summed E-state index contributed by atoms with van der Waals surface area (Å²) >= 11 is 12.4. The van der Waals surface area contributed by atoms with Crippen LogP contribution in [-0.2, 0) is 0 Å². The molecule has 2 aromatic heterocycles. The van der Waals surface area contributed by atoms with Crippen molar-refractivity contribution in [3.05, 3.63) is 52.5 Å². The van der Waals surface area contributed by atoms with Gasteiger partial charge < -0.3 is 5.73 Å². The summed E-state index contributed by atoms with van der Waals surface area (Å²) in [6, 6.07) is 6.61. The molecule has 0 aliphatic heterocycles. The van der Waals surface area contributed by atoms with Crippen LogP contribution < -0.4 is 5.73 Å². The normalized spacial score (nSPS) is 10.8. The lowest BCUT2D eigenvalue weighted by molar-refractivity contribution is 0.624. The molecule has 1 aromatic carbocycles. The minimum Gasteiger partial charge on any atom is -0.382 e. The smallest absolute Gasteiger partial charge is 0.153 e. The zero-order chi connectivity index (χ0) is 15.0. The Morgan fingerprint density at radius 2 is 1.81 bits per heavy atom. The van der Waals surface area contributed by atoms with Crippen molar-refractivity contribution in [2.45, 2.75) is 0 Å². The minimum atomic E-state index is -0.495. The summed E-state index contributed by atoms with van der Waals surface area (Å²) in [5.41, 5.74) is 7.58. The maximum atomic E-state index is 14.0. The van der Waals surface area contributed by atoms with Crippen LogP contribution in [0.15, 0.2) is 36.7 Å². The molecule has 7 heteroatoms. The van der Waals surface area contributed by atoms with E-state index in [4.69, 9.17) is 28.9 Å². The highest BCUT2D eigenvalue weighted by Crippen LogP contribution is 2.42. The number of hydrogen-bond donors (Lipinski definition) is 2. The average Bonchev–Trinajstić information content (AvgIpc) is 2.81. The van der Waals surface area contributed by atoms with Crippen molar-refractivity contribution in [1.29, 1.82) is 0 Å². The number of H-pyrrole nitrogens is 1. The number of nitrogens with one attached hydrogen (secondary N) is 1. The first-order chi connectivity index (χ1) is 10.1. The largest absolute Gasteiger partial charge is 0.382 e. The number of pyridine rings is 1. The highest BCUT2D eigenvalue weighted by molar-refractivity contribution is 6.39. The van der Waals surface area contributed by atoms with E-state index in [1.54, 1.807) is 18.2 Å². The molecule has 0 bridgehead atoms. The summed E-state index contributed by atoms with van der Waals surface area (Å²) in [5.74, 6) is -0.304. The van der Waals surface area contributed by atoms with Crippen molar-refractivity contribution in [3.63, 3.8) is 0 Å². The van der Waals surface area contributed by atoms with Gasteiger partial charge in [-0.25, -0.2) is 4.39 Å². The Morgan fingerprint density at radius 3 is 2.48 bits per heavy atom. The van der Waals surface area contributed by atoms with E-state index in [2.05, 4.69) is 15.2 Å². The molecule has 106 valence electrons. The van der Waals surface area contributed by atoms with Gasteiger partial charge in [0, 0.05) is 17.3 Å². The van der Waals surface area contributed by atoms with Crippen LogP contribution in [0.3, 0.4) is 0 Å². The zero-order valence-corrected chi connectivity index (χ0v) is 12.1. The molecule has 0 unspecified atom stereocenters. The van der Waals surface area contributed by atoms with Gasteiger partial charge in [-0.1, -0.05) is 29.3 Å². The topological polar surface area (TPSA) is 67.6 Å². The molecule has 0 amide bonds. The molecule has 0 fully saturated rings. The van der Waals surface area contributed by atoms with E-state index < -0.39 is 5.82 Å². The van der Waals surface area contributed by atoms with Gasteiger partial charge in [0.2, 0.25) is 0 Å². The van der Waals surface area contributed by atoms with Crippen LogP contribution >= 0.6 is 23.2 Å². The van der Waals surface area contributed by atoms with Crippen LogP contribution in [0.4, 0.5) is 10.2 Å². The maximum Gasteiger partial charge on any atom is 0.153 e. The van der Waals surface area contributed by atoms with Gasteiger partial charge in [0.1, 0.15) is 0 Å². The number of halogens is 3. The van der Waals surface area contributed by atoms with Crippen molar-refractivity contribution in [2.24, 2.45) is 0 Å². The van der Waals surface area contributed by atoms with Gasteiger partial charge in [0.15, 0.2) is 11.6 Å². The second-order valence-electron chi connectivity index (χ2n) is 4.31. The van der Waals surface area contributed by atoms with Gasteiger partial charge in [0.05, 0.1) is 27.5 Å². The van der Waals surface area contributed by atoms with Crippen molar-refractivity contribution in [3.8, 4) is 22.4 Å². The monoisotopic (exact) mass is 322 g/mol. The number of aromatic amines is 1. The Kier molecular flexibility index (Phi) is 3.53. The van der Waals surface area contributed by atoms with Crippen LogP contribution in [0.5, 0.6) is 0 Å². The predicted octanol–water partition coefficient (Wildman–Crippen LogP) is 4.17. The van der Waals surface area contributed by atoms with Gasteiger partial charge in [-0.05, 0) is 18.2 Å². The molecule has 3 N–H and O–H groups in total. The SMILES string of the molecule is Nc1n[nH]c(-c2ccncc2F)c1-c1c(Cl)cccc1Cl. The molecule has 2 heterocycles. The van der Waals surface area contributed by atoms with Gasteiger partial charge in [0.25, 0.3) is 0 Å². The highest BCUT2D eigenvalue weighted by atomic mass is 35.5. The molecule has 21 heavy (non-hydrogen) atoms.